The van der Waals surface area contributed by atoms with E-state index in [9.17, 15) is 4.39 Å². The molecule has 0 aliphatic rings. The van der Waals surface area contributed by atoms with E-state index in [1.807, 2.05) is 6.07 Å². The van der Waals surface area contributed by atoms with E-state index < -0.39 is 0 Å². The summed E-state index contributed by atoms with van der Waals surface area (Å²) >= 11 is 3.14. The molecular formula is C14H21BrFN3. The van der Waals surface area contributed by atoms with Crippen molar-refractivity contribution in [2.75, 3.05) is 7.05 Å². The van der Waals surface area contributed by atoms with Gasteiger partial charge in [-0.15, -0.1) is 0 Å². The first kappa shape index (κ1) is 16.0. The summed E-state index contributed by atoms with van der Waals surface area (Å²) in [7, 11) is 1.73. The number of aliphatic imine (C=N–C) groups is 1. The molecule has 0 saturated heterocycles. The van der Waals surface area contributed by atoms with Gasteiger partial charge >= 0.3 is 0 Å². The minimum Gasteiger partial charge on any atom is -0.354 e. The van der Waals surface area contributed by atoms with Gasteiger partial charge in [0.2, 0.25) is 0 Å². The van der Waals surface area contributed by atoms with Crippen molar-refractivity contribution in [1.82, 2.24) is 10.6 Å². The molecule has 106 valence electrons. The number of guanidine groups is 1. The molecule has 0 amide bonds. The molecule has 1 rings (SSSR count). The molecule has 0 bridgehead atoms. The van der Waals surface area contributed by atoms with Crippen LogP contribution < -0.4 is 10.6 Å². The Balaban J connectivity index is 2.56. The van der Waals surface area contributed by atoms with Crippen LogP contribution in [0.25, 0.3) is 0 Å². The molecule has 0 aliphatic carbocycles. The largest absolute Gasteiger partial charge is 0.354 e. The number of hydrogen-bond acceptors (Lipinski definition) is 1. The third-order valence-electron chi connectivity index (χ3n) is 3.03. The summed E-state index contributed by atoms with van der Waals surface area (Å²) in [4.78, 5) is 4.16. The maximum Gasteiger partial charge on any atom is 0.191 e. The lowest BCUT2D eigenvalue weighted by Crippen LogP contribution is -2.43. The van der Waals surface area contributed by atoms with Crippen LogP contribution in [0.2, 0.25) is 0 Å². The van der Waals surface area contributed by atoms with Crippen LogP contribution in [0.15, 0.2) is 27.7 Å². The molecule has 0 saturated carbocycles. The predicted octanol–water partition coefficient (Wildman–Crippen LogP) is 3.30. The van der Waals surface area contributed by atoms with Gasteiger partial charge in [0, 0.05) is 19.6 Å². The molecule has 0 aromatic heterocycles. The van der Waals surface area contributed by atoms with E-state index in [0.29, 0.717) is 23.0 Å². The highest BCUT2D eigenvalue weighted by molar-refractivity contribution is 9.10. The molecule has 0 spiro atoms. The van der Waals surface area contributed by atoms with Gasteiger partial charge in [0.25, 0.3) is 0 Å². The van der Waals surface area contributed by atoms with E-state index in [1.54, 1.807) is 13.1 Å². The van der Waals surface area contributed by atoms with E-state index in [2.05, 4.69) is 52.3 Å². The van der Waals surface area contributed by atoms with Crippen LogP contribution in [0.5, 0.6) is 0 Å². The fourth-order valence-corrected chi connectivity index (χ4v) is 1.66. The smallest absolute Gasteiger partial charge is 0.191 e. The second-order valence-corrected chi connectivity index (χ2v) is 5.71. The maximum absolute atomic E-state index is 13.4. The van der Waals surface area contributed by atoms with Crippen molar-refractivity contribution in [3.8, 4) is 0 Å². The molecule has 1 aromatic carbocycles. The van der Waals surface area contributed by atoms with Gasteiger partial charge in [0.15, 0.2) is 5.96 Å². The van der Waals surface area contributed by atoms with Gasteiger partial charge in [-0.05, 0) is 46.5 Å². The Kier molecular flexibility index (Phi) is 6.28. The summed E-state index contributed by atoms with van der Waals surface area (Å²) < 4.78 is 13.9. The van der Waals surface area contributed by atoms with Gasteiger partial charge in [0.05, 0.1) is 4.47 Å². The first-order chi connectivity index (χ1) is 8.93. The van der Waals surface area contributed by atoms with Crippen molar-refractivity contribution in [3.05, 3.63) is 34.1 Å². The van der Waals surface area contributed by atoms with Crippen molar-refractivity contribution < 1.29 is 4.39 Å². The van der Waals surface area contributed by atoms with Crippen molar-refractivity contribution >= 4 is 21.9 Å². The normalized spacial score (nSPS) is 13.5. The Morgan fingerprint density at radius 2 is 2.05 bits per heavy atom. The molecule has 1 atom stereocenters. The second-order valence-electron chi connectivity index (χ2n) is 4.85. The number of halogens is 2. The minimum atomic E-state index is -0.252. The van der Waals surface area contributed by atoms with Gasteiger partial charge in [-0.3, -0.25) is 4.99 Å². The van der Waals surface area contributed by atoms with E-state index in [1.165, 1.54) is 6.07 Å². The quantitative estimate of drug-likeness (QED) is 0.656. The van der Waals surface area contributed by atoms with E-state index in [4.69, 9.17) is 0 Å². The Morgan fingerprint density at radius 3 is 2.58 bits per heavy atom. The average Bonchev–Trinajstić information content (AvgIpc) is 2.37. The molecule has 0 heterocycles. The lowest BCUT2D eigenvalue weighted by Gasteiger charge is -2.20. The molecular weight excluding hydrogens is 309 g/mol. The van der Waals surface area contributed by atoms with Gasteiger partial charge in [-0.1, -0.05) is 19.9 Å². The molecule has 0 aliphatic heterocycles. The van der Waals surface area contributed by atoms with Gasteiger partial charge < -0.3 is 10.6 Å². The second kappa shape index (κ2) is 7.48. The van der Waals surface area contributed by atoms with Crippen LogP contribution in [0.3, 0.4) is 0 Å². The summed E-state index contributed by atoms with van der Waals surface area (Å²) in [6.07, 6.45) is 0. The zero-order valence-corrected chi connectivity index (χ0v) is 13.4. The number of nitrogens with one attached hydrogen (secondary N) is 2. The van der Waals surface area contributed by atoms with E-state index in [0.717, 1.165) is 11.5 Å². The number of nitrogens with zero attached hydrogens (tertiary/aromatic N) is 1. The third kappa shape index (κ3) is 5.19. The molecule has 2 N–H and O–H groups in total. The summed E-state index contributed by atoms with van der Waals surface area (Å²) in [6.45, 7) is 6.94. The highest BCUT2D eigenvalue weighted by Gasteiger charge is 2.09. The van der Waals surface area contributed by atoms with Crippen molar-refractivity contribution in [2.45, 2.75) is 33.4 Å². The lowest BCUT2D eigenvalue weighted by molar-refractivity contribution is 0.481. The summed E-state index contributed by atoms with van der Waals surface area (Å²) in [5.41, 5.74) is 0.876. The fraction of sp³-hybridized carbons (Fsp3) is 0.500. The molecule has 0 fully saturated rings. The van der Waals surface area contributed by atoms with Gasteiger partial charge in [-0.25, -0.2) is 4.39 Å². The van der Waals surface area contributed by atoms with Crippen LogP contribution in [0, 0.1) is 11.7 Å². The first-order valence-corrected chi connectivity index (χ1v) is 7.14. The minimum absolute atomic E-state index is 0.252. The van der Waals surface area contributed by atoms with Crippen LogP contribution in [0.1, 0.15) is 26.3 Å². The highest BCUT2D eigenvalue weighted by atomic mass is 79.9. The Morgan fingerprint density at radius 1 is 1.37 bits per heavy atom. The number of hydrogen-bond donors (Lipinski definition) is 2. The topological polar surface area (TPSA) is 36.4 Å². The molecule has 1 unspecified atom stereocenters. The Hall–Kier alpha value is -1.10. The summed E-state index contributed by atoms with van der Waals surface area (Å²) in [6, 6.07) is 5.42. The van der Waals surface area contributed by atoms with Crippen molar-refractivity contribution in [1.29, 1.82) is 0 Å². The van der Waals surface area contributed by atoms with E-state index >= 15 is 0 Å². The molecule has 1 aromatic rings. The van der Waals surface area contributed by atoms with Crippen molar-refractivity contribution in [3.63, 3.8) is 0 Å². The fourth-order valence-electron chi connectivity index (χ4n) is 1.41. The zero-order valence-electron chi connectivity index (χ0n) is 11.8. The Labute approximate surface area is 122 Å². The number of benzene rings is 1. The molecule has 5 heteroatoms. The van der Waals surface area contributed by atoms with Crippen LogP contribution in [-0.2, 0) is 6.54 Å². The predicted molar refractivity (Wildman–Crippen MR) is 81.7 cm³/mol. The highest BCUT2D eigenvalue weighted by Crippen LogP contribution is 2.16. The lowest BCUT2D eigenvalue weighted by atomic mass is 10.1. The standard InChI is InChI=1S/C14H21BrFN3/c1-9(2)10(3)19-14(17-4)18-8-11-5-6-12(15)13(16)7-11/h5-7,9-10H,8H2,1-4H3,(H2,17,18,19). The van der Waals surface area contributed by atoms with Gasteiger partial charge in [0.1, 0.15) is 5.82 Å². The van der Waals surface area contributed by atoms with Crippen LogP contribution >= 0.6 is 15.9 Å². The van der Waals surface area contributed by atoms with E-state index in [-0.39, 0.29) is 5.82 Å². The monoisotopic (exact) mass is 329 g/mol. The third-order valence-corrected chi connectivity index (χ3v) is 3.68. The molecule has 3 nitrogen and oxygen atoms in total. The van der Waals surface area contributed by atoms with Crippen LogP contribution in [-0.4, -0.2) is 19.0 Å². The Bertz CT molecular complexity index is 446. The maximum atomic E-state index is 13.4. The zero-order chi connectivity index (χ0) is 14.4. The van der Waals surface area contributed by atoms with Crippen LogP contribution in [0.4, 0.5) is 4.39 Å². The average molecular weight is 330 g/mol. The van der Waals surface area contributed by atoms with Gasteiger partial charge in [-0.2, -0.15) is 0 Å². The molecule has 0 radical (unpaired) electrons. The number of rotatable bonds is 4. The first-order valence-electron chi connectivity index (χ1n) is 6.35. The summed E-state index contributed by atoms with van der Waals surface area (Å²) in [5.74, 6) is 0.992. The summed E-state index contributed by atoms with van der Waals surface area (Å²) in [5, 5.41) is 6.47. The SMILES string of the molecule is CN=C(NCc1ccc(Br)c(F)c1)NC(C)C(C)C. The van der Waals surface area contributed by atoms with Crippen molar-refractivity contribution in [2.24, 2.45) is 10.9 Å². The molecule has 19 heavy (non-hydrogen) atoms.